The Morgan fingerprint density at radius 1 is 1.11 bits per heavy atom. The standard InChI is InChI=1S/C23H21ClN12O2/c1-13-7-16(34-12-26-11-28-34)9-17(22(37)25-3)20(13)29-23(38)19-8-15(10-35-31-14(2)30-33-35)32-36(19)21-18(24)5-4-6-27-21/h4-9,11-12H,10H2,1-3H3,(H,25,37)(H,29,38). The molecule has 4 aromatic heterocycles. The molecule has 2 N–H and O–H groups in total. The molecule has 192 valence electrons. The summed E-state index contributed by atoms with van der Waals surface area (Å²) in [5.41, 5.74) is 2.43. The van der Waals surface area contributed by atoms with Gasteiger partial charge in [0, 0.05) is 13.2 Å². The molecule has 15 heteroatoms. The zero-order valence-electron chi connectivity index (χ0n) is 20.5. The van der Waals surface area contributed by atoms with Crippen LogP contribution in [0.1, 0.15) is 37.9 Å². The average molecular weight is 533 g/mol. The third kappa shape index (κ3) is 4.84. The molecule has 14 nitrogen and oxygen atoms in total. The van der Waals surface area contributed by atoms with Gasteiger partial charge in [-0.25, -0.2) is 19.3 Å². The average Bonchev–Trinajstić information content (AvgIpc) is 3.67. The van der Waals surface area contributed by atoms with Crippen LogP contribution in [0.15, 0.2) is 49.2 Å². The summed E-state index contributed by atoms with van der Waals surface area (Å²) in [7, 11) is 1.51. The number of nitrogens with zero attached hydrogens (tertiary/aromatic N) is 10. The van der Waals surface area contributed by atoms with Crippen LogP contribution in [0.3, 0.4) is 0 Å². The van der Waals surface area contributed by atoms with Gasteiger partial charge in [-0.2, -0.15) is 15.0 Å². The van der Waals surface area contributed by atoms with E-state index < -0.39 is 5.91 Å². The second-order valence-electron chi connectivity index (χ2n) is 8.17. The summed E-state index contributed by atoms with van der Waals surface area (Å²) in [6, 6.07) is 8.30. The van der Waals surface area contributed by atoms with Crippen LogP contribution in [-0.4, -0.2) is 68.6 Å². The van der Waals surface area contributed by atoms with Gasteiger partial charge in [-0.1, -0.05) is 11.6 Å². The van der Waals surface area contributed by atoms with Crippen LogP contribution in [0, 0.1) is 13.8 Å². The molecule has 5 rings (SSSR count). The molecular weight excluding hydrogens is 512 g/mol. The fourth-order valence-corrected chi connectivity index (χ4v) is 4.00. The predicted molar refractivity (Wildman–Crippen MR) is 135 cm³/mol. The second-order valence-corrected chi connectivity index (χ2v) is 8.57. The Hall–Kier alpha value is -4.98. The van der Waals surface area contributed by atoms with Crippen molar-refractivity contribution in [2.24, 2.45) is 0 Å². The van der Waals surface area contributed by atoms with Gasteiger partial charge < -0.3 is 10.6 Å². The number of anilines is 1. The van der Waals surface area contributed by atoms with E-state index in [4.69, 9.17) is 11.6 Å². The van der Waals surface area contributed by atoms with Crippen molar-refractivity contribution in [2.75, 3.05) is 12.4 Å². The zero-order valence-corrected chi connectivity index (χ0v) is 21.2. The van der Waals surface area contributed by atoms with Crippen molar-refractivity contribution in [1.29, 1.82) is 0 Å². The Labute approximate surface area is 220 Å². The van der Waals surface area contributed by atoms with Crippen molar-refractivity contribution in [3.63, 3.8) is 0 Å². The van der Waals surface area contributed by atoms with Crippen molar-refractivity contribution >= 4 is 29.1 Å². The first kappa shape index (κ1) is 24.7. The molecule has 0 fully saturated rings. The number of pyridine rings is 1. The van der Waals surface area contributed by atoms with E-state index in [9.17, 15) is 9.59 Å². The van der Waals surface area contributed by atoms with E-state index in [-0.39, 0.29) is 29.5 Å². The normalized spacial score (nSPS) is 10.9. The second kappa shape index (κ2) is 10.2. The molecule has 5 aromatic rings. The molecule has 0 bridgehead atoms. The van der Waals surface area contributed by atoms with Crippen LogP contribution in [0.2, 0.25) is 5.02 Å². The van der Waals surface area contributed by atoms with Crippen LogP contribution < -0.4 is 10.6 Å². The minimum atomic E-state index is -0.532. The molecule has 0 saturated carbocycles. The molecule has 2 amide bonds. The number of halogens is 1. The van der Waals surface area contributed by atoms with Crippen molar-refractivity contribution in [3.8, 4) is 11.5 Å². The molecule has 0 aliphatic heterocycles. The van der Waals surface area contributed by atoms with Crippen LogP contribution >= 0.6 is 11.6 Å². The Morgan fingerprint density at radius 3 is 2.63 bits per heavy atom. The third-order valence-corrected chi connectivity index (χ3v) is 5.80. The van der Waals surface area contributed by atoms with E-state index in [2.05, 4.69) is 46.2 Å². The van der Waals surface area contributed by atoms with Crippen molar-refractivity contribution < 1.29 is 9.59 Å². The van der Waals surface area contributed by atoms with Gasteiger partial charge in [0.05, 0.1) is 27.7 Å². The Morgan fingerprint density at radius 2 is 1.95 bits per heavy atom. The highest BCUT2D eigenvalue weighted by molar-refractivity contribution is 6.32. The summed E-state index contributed by atoms with van der Waals surface area (Å²) in [6.07, 6.45) is 4.45. The number of amides is 2. The van der Waals surface area contributed by atoms with Crippen LogP contribution in [-0.2, 0) is 6.54 Å². The minimum Gasteiger partial charge on any atom is -0.355 e. The number of nitrogens with one attached hydrogen (secondary N) is 2. The van der Waals surface area contributed by atoms with Crippen molar-refractivity contribution in [1.82, 2.24) is 55.1 Å². The zero-order chi connectivity index (χ0) is 26.8. The smallest absolute Gasteiger partial charge is 0.274 e. The molecule has 0 aliphatic rings. The number of tetrazole rings is 1. The van der Waals surface area contributed by atoms with Gasteiger partial charge >= 0.3 is 0 Å². The van der Waals surface area contributed by atoms with Gasteiger partial charge in [0.25, 0.3) is 11.8 Å². The minimum absolute atomic E-state index is 0.139. The van der Waals surface area contributed by atoms with E-state index in [0.717, 1.165) is 0 Å². The summed E-state index contributed by atoms with van der Waals surface area (Å²) in [6.45, 7) is 3.66. The number of rotatable bonds is 7. The lowest BCUT2D eigenvalue weighted by molar-refractivity contribution is 0.0964. The number of aryl methyl sites for hydroxylation is 2. The van der Waals surface area contributed by atoms with Gasteiger partial charge in [-0.15, -0.1) is 10.2 Å². The SMILES string of the molecule is CNC(=O)c1cc(-n2cncn2)cc(C)c1NC(=O)c1cc(Cn2nnc(C)n2)nn1-c1ncccc1Cl. The van der Waals surface area contributed by atoms with Gasteiger partial charge in [0.2, 0.25) is 0 Å². The van der Waals surface area contributed by atoms with E-state index in [1.165, 1.54) is 33.9 Å². The molecule has 0 radical (unpaired) electrons. The third-order valence-electron chi connectivity index (χ3n) is 5.50. The van der Waals surface area contributed by atoms with Crippen LogP contribution in [0.25, 0.3) is 11.5 Å². The fraction of sp³-hybridized carbons (Fsp3) is 0.174. The maximum Gasteiger partial charge on any atom is 0.274 e. The molecule has 4 heterocycles. The highest BCUT2D eigenvalue weighted by atomic mass is 35.5. The lowest BCUT2D eigenvalue weighted by Crippen LogP contribution is -2.24. The molecule has 0 saturated heterocycles. The number of benzene rings is 1. The summed E-state index contributed by atoms with van der Waals surface area (Å²) < 4.78 is 2.87. The molecule has 0 aliphatic carbocycles. The first-order chi connectivity index (χ1) is 18.3. The van der Waals surface area contributed by atoms with Crippen molar-refractivity contribution in [2.45, 2.75) is 20.4 Å². The Kier molecular flexibility index (Phi) is 6.62. The fourth-order valence-electron chi connectivity index (χ4n) is 3.80. The predicted octanol–water partition coefficient (Wildman–Crippen LogP) is 1.76. The van der Waals surface area contributed by atoms with Crippen molar-refractivity contribution in [3.05, 3.63) is 82.5 Å². The van der Waals surface area contributed by atoms with E-state index in [0.29, 0.717) is 33.5 Å². The number of carbonyl (C=O) groups is 2. The van der Waals surface area contributed by atoms with Gasteiger partial charge in [0.1, 0.15) is 24.9 Å². The Bertz CT molecular complexity index is 1640. The summed E-state index contributed by atoms with van der Waals surface area (Å²) in [5.74, 6) is -0.158. The lowest BCUT2D eigenvalue weighted by atomic mass is 10.1. The van der Waals surface area contributed by atoms with Gasteiger partial charge in [-0.3, -0.25) is 9.59 Å². The van der Waals surface area contributed by atoms with Gasteiger partial charge in [0.15, 0.2) is 11.6 Å². The lowest BCUT2D eigenvalue weighted by Gasteiger charge is -2.16. The maximum atomic E-state index is 13.7. The molecule has 1 aromatic carbocycles. The number of carbonyl (C=O) groups excluding carboxylic acids is 2. The Balaban J connectivity index is 1.56. The molecule has 0 unspecified atom stereocenters. The first-order valence-corrected chi connectivity index (χ1v) is 11.7. The summed E-state index contributed by atoms with van der Waals surface area (Å²) in [4.78, 5) is 36.1. The summed E-state index contributed by atoms with van der Waals surface area (Å²) in [5, 5.41) is 26.4. The monoisotopic (exact) mass is 532 g/mol. The summed E-state index contributed by atoms with van der Waals surface area (Å²) >= 11 is 6.38. The molecule has 0 atom stereocenters. The topological polar surface area (TPSA) is 163 Å². The van der Waals surface area contributed by atoms with E-state index in [1.807, 2.05) is 0 Å². The van der Waals surface area contributed by atoms with E-state index >= 15 is 0 Å². The van der Waals surface area contributed by atoms with Crippen LogP contribution in [0.5, 0.6) is 0 Å². The molecular formula is C23H21ClN12O2. The maximum absolute atomic E-state index is 13.7. The van der Waals surface area contributed by atoms with Gasteiger partial charge in [-0.05, 0) is 55.0 Å². The highest BCUT2D eigenvalue weighted by Crippen LogP contribution is 2.27. The largest absolute Gasteiger partial charge is 0.355 e. The number of hydrogen-bond acceptors (Lipinski definition) is 9. The number of hydrogen-bond donors (Lipinski definition) is 2. The quantitative estimate of drug-likeness (QED) is 0.318. The van der Waals surface area contributed by atoms with Crippen LogP contribution in [0.4, 0.5) is 5.69 Å². The highest BCUT2D eigenvalue weighted by Gasteiger charge is 2.23. The molecule has 38 heavy (non-hydrogen) atoms. The molecule has 0 spiro atoms. The first-order valence-electron chi connectivity index (χ1n) is 11.3. The number of aromatic nitrogens is 10. The van der Waals surface area contributed by atoms with E-state index in [1.54, 1.807) is 50.4 Å².